The van der Waals surface area contributed by atoms with Gasteiger partial charge in [-0.05, 0) is 65.7 Å². The Morgan fingerprint density at radius 1 is 0.860 bits per heavy atom. The minimum atomic E-state index is -4.36. The van der Waals surface area contributed by atoms with Crippen LogP contribution in [0.4, 0.5) is 5.82 Å². The Labute approximate surface area is 258 Å². The highest BCUT2D eigenvalue weighted by Gasteiger charge is 2.48. The predicted molar refractivity (Wildman–Crippen MR) is 162 cm³/mol. The summed E-state index contributed by atoms with van der Waals surface area (Å²) in [5, 5.41) is 10.4. The van der Waals surface area contributed by atoms with Crippen LogP contribution in [0.3, 0.4) is 0 Å². The number of carbonyl (C=O) groups is 1. The van der Waals surface area contributed by atoms with Crippen LogP contribution in [0, 0.1) is 11.3 Å². The molecule has 3 heterocycles. The first-order chi connectivity index (χ1) is 20.7. The number of ether oxygens (including phenoxy) is 1. The molecule has 2 aliphatic heterocycles. The van der Waals surface area contributed by atoms with Crippen molar-refractivity contribution in [3.63, 3.8) is 0 Å². The van der Waals surface area contributed by atoms with Crippen LogP contribution in [0.1, 0.15) is 39.1 Å². The van der Waals surface area contributed by atoms with Gasteiger partial charge in [-0.2, -0.15) is 5.26 Å². The molecule has 1 amide bonds. The molecule has 4 aromatic rings. The number of nitriles is 1. The van der Waals surface area contributed by atoms with Crippen LogP contribution in [0.25, 0.3) is 0 Å². The van der Waals surface area contributed by atoms with E-state index >= 15 is 0 Å². The fourth-order valence-electron chi connectivity index (χ4n) is 5.58. The van der Waals surface area contributed by atoms with E-state index in [0.717, 1.165) is 0 Å². The first-order valence-electron chi connectivity index (χ1n) is 13.4. The number of nitrogens with zero attached hydrogens (tertiary/aromatic N) is 4. The van der Waals surface area contributed by atoms with E-state index in [9.17, 15) is 23.3 Å². The summed E-state index contributed by atoms with van der Waals surface area (Å²) in [5.74, 6) is -0.379. The molecule has 0 saturated carbocycles. The number of carbonyl (C=O) groups excluding carboxylic acids is 1. The van der Waals surface area contributed by atoms with E-state index in [4.69, 9.17) is 27.9 Å². The Morgan fingerprint density at radius 2 is 1.47 bits per heavy atom. The Balaban J connectivity index is 1.62. The van der Waals surface area contributed by atoms with Crippen molar-refractivity contribution in [3.8, 4) is 6.07 Å². The van der Waals surface area contributed by atoms with Crippen molar-refractivity contribution < 1.29 is 17.9 Å². The first-order valence-corrected chi connectivity index (χ1v) is 15.6. The summed E-state index contributed by atoms with van der Waals surface area (Å²) < 4.78 is 36.9. The summed E-state index contributed by atoms with van der Waals surface area (Å²) in [4.78, 5) is 29.3. The summed E-state index contributed by atoms with van der Waals surface area (Å²) in [6.45, 7) is 1.39. The molecule has 1 saturated heterocycles. The highest BCUT2D eigenvalue weighted by molar-refractivity contribution is 7.92. The molecule has 0 radical (unpaired) electrons. The number of sulfonamides is 1. The van der Waals surface area contributed by atoms with Crippen molar-refractivity contribution in [2.75, 3.05) is 30.6 Å². The van der Waals surface area contributed by atoms with Gasteiger partial charge >= 0.3 is 0 Å². The maximum Gasteiger partial charge on any atom is 0.266 e. The second-order valence-corrected chi connectivity index (χ2v) is 12.8. The number of hydrogen-bond donors (Lipinski definition) is 0. The molecule has 2 atom stereocenters. The second-order valence-electron chi connectivity index (χ2n) is 10.1. The van der Waals surface area contributed by atoms with Crippen LogP contribution in [0.2, 0.25) is 10.0 Å². The van der Waals surface area contributed by atoms with Gasteiger partial charge in [0.25, 0.3) is 21.5 Å². The zero-order valence-corrected chi connectivity index (χ0v) is 24.9. The molecule has 0 aliphatic carbocycles. The fraction of sp³-hybridized carbons (Fsp3) is 0.194. The average molecular weight is 636 g/mol. The number of anilines is 1. The number of pyridine rings is 1. The zero-order valence-electron chi connectivity index (χ0n) is 22.6. The van der Waals surface area contributed by atoms with Crippen LogP contribution >= 0.6 is 23.2 Å². The molecule has 9 nitrogen and oxygen atoms in total. The average Bonchev–Trinajstić information content (AvgIpc) is 3.39. The Kier molecular flexibility index (Phi) is 7.75. The van der Waals surface area contributed by atoms with Gasteiger partial charge in [0.15, 0.2) is 0 Å². The number of fused-ring (bicyclic) bond motifs is 1. The van der Waals surface area contributed by atoms with Crippen LogP contribution in [-0.2, 0) is 14.8 Å². The summed E-state index contributed by atoms with van der Waals surface area (Å²) in [6, 6.07) is 22.2. The normalized spacial score (nSPS) is 18.3. The van der Waals surface area contributed by atoms with Gasteiger partial charge in [-0.3, -0.25) is 14.2 Å². The highest BCUT2D eigenvalue weighted by atomic mass is 35.5. The van der Waals surface area contributed by atoms with Gasteiger partial charge in [0.05, 0.1) is 41.8 Å². The molecule has 218 valence electrons. The lowest BCUT2D eigenvalue weighted by Crippen LogP contribution is -2.43. The molecule has 12 heteroatoms. The van der Waals surface area contributed by atoms with Gasteiger partial charge in [-0.25, -0.2) is 12.7 Å². The molecular weight excluding hydrogens is 611 g/mol. The van der Waals surface area contributed by atoms with Crippen LogP contribution < -0.4 is 9.86 Å². The van der Waals surface area contributed by atoms with Crippen molar-refractivity contribution in [2.24, 2.45) is 0 Å². The number of halogens is 2. The largest absolute Gasteiger partial charge is 0.378 e. The smallest absolute Gasteiger partial charge is 0.266 e. The second kappa shape index (κ2) is 11.5. The van der Waals surface area contributed by atoms with Crippen molar-refractivity contribution in [1.82, 2.24) is 9.47 Å². The van der Waals surface area contributed by atoms with Gasteiger partial charge in [0.1, 0.15) is 11.4 Å². The molecule has 0 N–H and O–H groups in total. The van der Waals surface area contributed by atoms with E-state index in [1.54, 1.807) is 53.4 Å². The van der Waals surface area contributed by atoms with E-state index in [1.165, 1.54) is 45.3 Å². The fourth-order valence-corrected chi connectivity index (χ4v) is 7.52. The summed E-state index contributed by atoms with van der Waals surface area (Å²) >= 11 is 12.4. The summed E-state index contributed by atoms with van der Waals surface area (Å²) in [7, 11) is -4.36. The molecule has 43 heavy (non-hydrogen) atoms. The summed E-state index contributed by atoms with van der Waals surface area (Å²) in [5.41, 5.74) is 0.628. The molecule has 0 spiro atoms. The van der Waals surface area contributed by atoms with E-state index < -0.39 is 33.6 Å². The maximum atomic E-state index is 14.5. The van der Waals surface area contributed by atoms with Gasteiger partial charge in [0, 0.05) is 23.1 Å². The van der Waals surface area contributed by atoms with Crippen molar-refractivity contribution >= 4 is 45.0 Å². The lowest BCUT2D eigenvalue weighted by Gasteiger charge is -2.29. The van der Waals surface area contributed by atoms with Crippen LogP contribution in [0.5, 0.6) is 0 Å². The van der Waals surface area contributed by atoms with E-state index in [-0.39, 0.29) is 21.8 Å². The molecule has 6 rings (SSSR count). The number of hydrogen-bond acceptors (Lipinski definition) is 6. The number of benzene rings is 3. The first kappa shape index (κ1) is 29.0. The Hall–Kier alpha value is -4.14. The van der Waals surface area contributed by atoms with Gasteiger partial charge in [-0.15, -0.1) is 0 Å². The third-order valence-corrected chi connectivity index (χ3v) is 9.91. The molecule has 2 aliphatic rings. The van der Waals surface area contributed by atoms with Gasteiger partial charge < -0.3 is 9.64 Å². The molecule has 3 aromatic carbocycles. The molecule has 0 unspecified atom stereocenters. The Morgan fingerprint density at radius 3 is 2.07 bits per heavy atom. The lowest BCUT2D eigenvalue weighted by atomic mass is 9.94. The van der Waals surface area contributed by atoms with Crippen molar-refractivity contribution in [3.05, 3.63) is 128 Å². The predicted octanol–water partition coefficient (Wildman–Crippen LogP) is 5.04. The minimum absolute atomic E-state index is 0.0748. The minimum Gasteiger partial charge on any atom is -0.378 e. The van der Waals surface area contributed by atoms with Gasteiger partial charge in [0.2, 0.25) is 0 Å². The maximum absolute atomic E-state index is 14.5. The van der Waals surface area contributed by atoms with Crippen molar-refractivity contribution in [2.45, 2.75) is 17.0 Å². The van der Waals surface area contributed by atoms with Crippen molar-refractivity contribution in [1.29, 1.82) is 5.26 Å². The van der Waals surface area contributed by atoms with Gasteiger partial charge in [-0.1, -0.05) is 53.5 Å². The van der Waals surface area contributed by atoms with E-state index in [1.807, 2.05) is 6.07 Å². The van der Waals surface area contributed by atoms with Crippen LogP contribution in [0.15, 0.2) is 94.6 Å². The number of amides is 1. The highest BCUT2D eigenvalue weighted by Crippen LogP contribution is 2.49. The molecule has 0 bridgehead atoms. The van der Waals surface area contributed by atoms with E-state index in [2.05, 4.69) is 0 Å². The zero-order chi connectivity index (χ0) is 30.3. The number of aromatic nitrogens is 1. The quantitative estimate of drug-likeness (QED) is 0.304. The number of morpholine rings is 1. The number of rotatable bonds is 5. The lowest BCUT2D eigenvalue weighted by molar-refractivity contribution is 0.0301. The van der Waals surface area contributed by atoms with Crippen LogP contribution in [-0.4, -0.2) is 50.1 Å². The third-order valence-electron chi connectivity index (χ3n) is 7.62. The monoisotopic (exact) mass is 634 g/mol. The topological polar surface area (TPSA) is 113 Å². The molecule has 1 aromatic heterocycles. The SMILES string of the molecule is N#Cc1cccc(S(=O)(=O)N2c3ccc(C(=O)N4CCOCC4)c(=O)n3[C@@H](c3ccc(Cl)cc3)[C@H]2c2ccc(Cl)cc2)c1. The Bertz CT molecular complexity index is 1920. The van der Waals surface area contributed by atoms with E-state index in [0.29, 0.717) is 47.5 Å². The molecular formula is C31H24Cl2N4O5S. The third kappa shape index (κ3) is 5.19. The molecule has 1 fully saturated rings. The standard InChI is InChI=1S/C31H24Cl2N4O5S/c32-23-8-4-21(5-9-23)28-29(22-6-10-24(33)11-7-22)37(43(40,41)25-3-1-2-20(18-25)19-34)27-13-12-26(31(39)36(27)28)30(38)35-14-16-42-17-15-35/h1-13,18,28-29H,14-17H2/t28-,29+/m0/s1. The summed E-state index contributed by atoms with van der Waals surface area (Å²) in [6.07, 6.45) is 0.